The summed E-state index contributed by atoms with van der Waals surface area (Å²) in [6.07, 6.45) is 5.31. The molecule has 2 atom stereocenters. The van der Waals surface area contributed by atoms with E-state index in [1.54, 1.807) is 18.0 Å². The van der Waals surface area contributed by atoms with Gasteiger partial charge in [-0.2, -0.15) is 5.10 Å². The lowest BCUT2D eigenvalue weighted by Crippen LogP contribution is -2.13. The summed E-state index contributed by atoms with van der Waals surface area (Å²) in [7, 11) is 0. The highest BCUT2D eigenvalue weighted by atomic mass is 32.2. The fraction of sp³-hybridized carbons (Fsp3) is 0.400. The van der Waals surface area contributed by atoms with Gasteiger partial charge in [0.25, 0.3) is 0 Å². The summed E-state index contributed by atoms with van der Waals surface area (Å²) in [5, 5.41) is 15.0. The number of hydrogen-bond acceptors (Lipinski definition) is 3. The van der Waals surface area contributed by atoms with Crippen LogP contribution in [0.1, 0.15) is 30.6 Å². The van der Waals surface area contributed by atoms with Gasteiger partial charge < -0.3 is 5.11 Å². The maximum atomic E-state index is 10.5. The Morgan fingerprint density at radius 1 is 1.47 bits per heavy atom. The van der Waals surface area contributed by atoms with Crippen LogP contribution in [0.15, 0.2) is 41.6 Å². The standard InChI is InChI=1S/C15H18N2OS/c1-2-7-17-10-12(9-16-17)15(18)14-8-11-5-3-4-6-13(11)19-14/h3-6,9-10,14-15,18H,2,7-8H2,1H3. The maximum Gasteiger partial charge on any atom is 0.0945 e. The molecule has 1 aliphatic rings. The van der Waals surface area contributed by atoms with Crippen molar-refractivity contribution in [3.05, 3.63) is 47.8 Å². The van der Waals surface area contributed by atoms with Crippen LogP contribution in [0, 0.1) is 0 Å². The average Bonchev–Trinajstić information content (AvgIpc) is 3.04. The molecule has 0 aliphatic carbocycles. The number of hydrogen-bond donors (Lipinski definition) is 1. The molecule has 1 N–H and O–H groups in total. The van der Waals surface area contributed by atoms with E-state index >= 15 is 0 Å². The molecule has 0 radical (unpaired) electrons. The van der Waals surface area contributed by atoms with Crippen LogP contribution in [0.4, 0.5) is 0 Å². The van der Waals surface area contributed by atoms with Crippen molar-refractivity contribution in [1.82, 2.24) is 9.78 Å². The predicted molar refractivity (Wildman–Crippen MR) is 77.3 cm³/mol. The van der Waals surface area contributed by atoms with E-state index in [1.165, 1.54) is 10.5 Å². The second kappa shape index (κ2) is 5.39. The molecule has 3 rings (SSSR count). The van der Waals surface area contributed by atoms with Crippen LogP contribution in [0.25, 0.3) is 0 Å². The molecular weight excluding hydrogens is 256 g/mol. The van der Waals surface area contributed by atoms with E-state index in [2.05, 4.69) is 36.3 Å². The predicted octanol–water partition coefficient (Wildman–Crippen LogP) is 3.04. The van der Waals surface area contributed by atoms with Crippen LogP contribution in [0.2, 0.25) is 0 Å². The smallest absolute Gasteiger partial charge is 0.0945 e. The van der Waals surface area contributed by atoms with E-state index in [0.29, 0.717) is 0 Å². The molecule has 4 heteroatoms. The second-order valence-electron chi connectivity index (χ2n) is 4.95. The van der Waals surface area contributed by atoms with Crippen molar-refractivity contribution in [2.45, 2.75) is 42.6 Å². The second-order valence-corrected chi connectivity index (χ2v) is 6.23. The van der Waals surface area contributed by atoms with Gasteiger partial charge in [-0.1, -0.05) is 25.1 Å². The molecule has 1 aromatic heterocycles. The molecule has 1 aromatic carbocycles. The SMILES string of the molecule is CCCn1cc(C(O)C2Cc3ccccc3S2)cn1. The maximum absolute atomic E-state index is 10.5. The van der Waals surface area contributed by atoms with Gasteiger partial charge in [0.2, 0.25) is 0 Å². The Bertz CT molecular complexity index is 542. The van der Waals surface area contributed by atoms with Crippen LogP contribution in [-0.4, -0.2) is 20.1 Å². The van der Waals surface area contributed by atoms with Gasteiger partial charge in [-0.3, -0.25) is 4.68 Å². The zero-order chi connectivity index (χ0) is 13.2. The highest BCUT2D eigenvalue weighted by Gasteiger charge is 2.29. The number of fused-ring (bicyclic) bond motifs is 1. The molecule has 0 fully saturated rings. The van der Waals surface area contributed by atoms with E-state index in [-0.39, 0.29) is 5.25 Å². The number of benzene rings is 1. The number of aryl methyl sites for hydroxylation is 1. The van der Waals surface area contributed by atoms with Crippen molar-refractivity contribution in [3.63, 3.8) is 0 Å². The van der Waals surface area contributed by atoms with Gasteiger partial charge in [0.1, 0.15) is 0 Å². The molecule has 0 amide bonds. The Labute approximate surface area is 117 Å². The molecule has 2 aromatic rings. The van der Waals surface area contributed by atoms with Gasteiger partial charge in [-0.25, -0.2) is 0 Å². The number of aliphatic hydroxyl groups excluding tert-OH is 1. The van der Waals surface area contributed by atoms with Crippen molar-refractivity contribution < 1.29 is 5.11 Å². The summed E-state index contributed by atoms with van der Waals surface area (Å²) in [5.74, 6) is 0. The zero-order valence-electron chi connectivity index (χ0n) is 11.0. The molecular formula is C15H18N2OS. The van der Waals surface area contributed by atoms with E-state index < -0.39 is 6.10 Å². The van der Waals surface area contributed by atoms with Crippen molar-refractivity contribution in [3.8, 4) is 0 Å². The molecule has 3 nitrogen and oxygen atoms in total. The molecule has 2 unspecified atom stereocenters. The van der Waals surface area contributed by atoms with Crippen LogP contribution < -0.4 is 0 Å². The third-order valence-corrected chi connectivity index (χ3v) is 4.85. The molecule has 2 heterocycles. The average molecular weight is 274 g/mol. The Morgan fingerprint density at radius 3 is 3.11 bits per heavy atom. The molecule has 0 saturated carbocycles. The number of aromatic nitrogens is 2. The molecule has 0 saturated heterocycles. The van der Waals surface area contributed by atoms with Crippen LogP contribution in [0.3, 0.4) is 0 Å². The van der Waals surface area contributed by atoms with Crippen molar-refractivity contribution in [2.24, 2.45) is 0 Å². The Balaban J connectivity index is 1.73. The minimum Gasteiger partial charge on any atom is -0.387 e. The molecule has 1 aliphatic heterocycles. The fourth-order valence-corrected chi connectivity index (χ4v) is 3.82. The Hall–Kier alpha value is -1.26. The summed E-state index contributed by atoms with van der Waals surface area (Å²) in [6.45, 7) is 3.03. The van der Waals surface area contributed by atoms with Crippen LogP contribution >= 0.6 is 11.8 Å². The lowest BCUT2D eigenvalue weighted by Gasteiger charge is -2.15. The number of rotatable bonds is 4. The van der Waals surface area contributed by atoms with Gasteiger partial charge >= 0.3 is 0 Å². The van der Waals surface area contributed by atoms with Gasteiger partial charge in [0.15, 0.2) is 0 Å². The van der Waals surface area contributed by atoms with E-state index in [9.17, 15) is 5.11 Å². The number of nitrogens with zero attached hydrogens (tertiary/aromatic N) is 2. The van der Waals surface area contributed by atoms with E-state index in [1.807, 2.05) is 10.9 Å². The highest BCUT2D eigenvalue weighted by Crippen LogP contribution is 2.42. The first kappa shape index (κ1) is 12.8. The summed E-state index contributed by atoms with van der Waals surface area (Å²) in [6, 6.07) is 8.40. The summed E-state index contributed by atoms with van der Waals surface area (Å²) in [5.41, 5.74) is 2.27. The zero-order valence-corrected chi connectivity index (χ0v) is 11.8. The number of aliphatic hydroxyl groups is 1. The first-order valence-electron chi connectivity index (χ1n) is 6.73. The van der Waals surface area contributed by atoms with E-state index in [0.717, 1.165) is 24.9 Å². The van der Waals surface area contributed by atoms with Crippen molar-refractivity contribution in [1.29, 1.82) is 0 Å². The monoisotopic (exact) mass is 274 g/mol. The minimum atomic E-state index is -0.442. The molecule has 0 spiro atoms. The minimum absolute atomic E-state index is 0.205. The Morgan fingerprint density at radius 2 is 2.32 bits per heavy atom. The molecule has 19 heavy (non-hydrogen) atoms. The van der Waals surface area contributed by atoms with E-state index in [4.69, 9.17) is 0 Å². The Kier molecular flexibility index (Phi) is 3.62. The number of thioether (sulfide) groups is 1. The summed E-state index contributed by atoms with van der Waals surface area (Å²) in [4.78, 5) is 1.30. The highest BCUT2D eigenvalue weighted by molar-refractivity contribution is 8.00. The van der Waals surface area contributed by atoms with Gasteiger partial charge in [0.05, 0.1) is 12.3 Å². The van der Waals surface area contributed by atoms with Crippen molar-refractivity contribution in [2.75, 3.05) is 0 Å². The summed E-state index contributed by atoms with van der Waals surface area (Å²) < 4.78 is 1.91. The third-order valence-electron chi connectivity index (χ3n) is 3.47. The summed E-state index contributed by atoms with van der Waals surface area (Å²) >= 11 is 1.77. The first-order valence-corrected chi connectivity index (χ1v) is 7.61. The third kappa shape index (κ3) is 2.55. The first-order chi connectivity index (χ1) is 9.28. The van der Waals surface area contributed by atoms with Crippen molar-refractivity contribution >= 4 is 11.8 Å². The largest absolute Gasteiger partial charge is 0.387 e. The van der Waals surface area contributed by atoms with Gasteiger partial charge in [-0.15, -0.1) is 11.8 Å². The molecule has 0 bridgehead atoms. The lowest BCUT2D eigenvalue weighted by molar-refractivity contribution is 0.175. The topological polar surface area (TPSA) is 38.0 Å². The van der Waals surface area contributed by atoms with Gasteiger partial charge in [-0.05, 0) is 24.5 Å². The molecule has 100 valence electrons. The quantitative estimate of drug-likeness (QED) is 0.931. The normalized spacial score (nSPS) is 19.4. The lowest BCUT2D eigenvalue weighted by atomic mass is 10.0. The fourth-order valence-electron chi connectivity index (χ4n) is 2.48. The van der Waals surface area contributed by atoms with Crippen LogP contribution in [-0.2, 0) is 13.0 Å². The van der Waals surface area contributed by atoms with Crippen LogP contribution in [0.5, 0.6) is 0 Å². The van der Waals surface area contributed by atoms with Gasteiger partial charge in [0, 0.05) is 28.5 Å².